The molecule has 0 aliphatic rings. The summed E-state index contributed by atoms with van der Waals surface area (Å²) in [5.41, 5.74) is 3.57. The molecule has 4 rings (SSSR count). The fourth-order valence-corrected chi connectivity index (χ4v) is 5.52. The summed E-state index contributed by atoms with van der Waals surface area (Å²) in [5, 5.41) is 46.3. The van der Waals surface area contributed by atoms with Gasteiger partial charge in [0.05, 0.1) is 37.2 Å². The molecule has 0 aliphatic carbocycles. The van der Waals surface area contributed by atoms with Crippen molar-refractivity contribution >= 4 is 18.0 Å². The third-order valence-corrected chi connectivity index (χ3v) is 8.16. The van der Waals surface area contributed by atoms with E-state index in [0.717, 1.165) is 27.9 Å². The lowest BCUT2D eigenvalue weighted by Crippen LogP contribution is -2.49. The van der Waals surface area contributed by atoms with E-state index in [4.69, 9.17) is 39.8 Å². The Morgan fingerprint density at radius 2 is 1.53 bits per heavy atom. The van der Waals surface area contributed by atoms with Crippen LogP contribution < -0.4 is 4.74 Å². The van der Waals surface area contributed by atoms with E-state index in [0.29, 0.717) is 17.5 Å². The quantitative estimate of drug-likeness (QED) is 0.0341. The first-order chi connectivity index (χ1) is 27.4. The summed E-state index contributed by atoms with van der Waals surface area (Å²) in [6, 6.07) is 20.5. The number of carbonyl (C=O) groups excluding carboxylic acids is 3. The van der Waals surface area contributed by atoms with Crippen LogP contribution >= 0.6 is 0 Å². The normalized spacial score (nSPS) is 11.9. The molecule has 20 nitrogen and oxygen atoms in total. The standard InChI is InChI=1S/C37H47N7O13/c1-4-5-13-33(45)41(34(26(2)3)36(46)57-30-10-8-9-28(22-30)24-56-44(50)51)23-27-14-16-29(17-15-27)31-11-6-7-12-32(31)35-38-40-42(39-35)25-54-37(47)53-20-18-52-19-21-55-43(48)49/h6-12,14-17,22,26,34,48-51H,4-5,13,18-21,23-25H2,1-3H3/t34-/m0/s1. The first-order valence-electron chi connectivity index (χ1n) is 18.0. The Morgan fingerprint density at radius 3 is 2.23 bits per heavy atom. The zero-order valence-electron chi connectivity index (χ0n) is 31.7. The van der Waals surface area contributed by atoms with Gasteiger partial charge in [0, 0.05) is 18.5 Å². The molecule has 0 spiro atoms. The van der Waals surface area contributed by atoms with Gasteiger partial charge in [-0.2, -0.15) is 0 Å². The highest BCUT2D eigenvalue weighted by Crippen LogP contribution is 2.30. The number of hydrogen-bond donors (Lipinski definition) is 4. The molecule has 308 valence electrons. The van der Waals surface area contributed by atoms with Crippen molar-refractivity contribution < 1.29 is 63.8 Å². The maximum absolute atomic E-state index is 13.7. The number of amides is 1. The molecule has 1 amide bonds. The van der Waals surface area contributed by atoms with Gasteiger partial charge in [-0.1, -0.05) is 87.9 Å². The van der Waals surface area contributed by atoms with Gasteiger partial charge < -0.3 is 23.8 Å². The SMILES string of the molecule is CCCCC(=O)N(Cc1ccc(-c2ccccc2-c2nnn(COC(=O)OCCOCCON(O)O)n2)cc1)[C@H](C(=O)Oc1cccc(CON(O)O)c1)C(C)C. The van der Waals surface area contributed by atoms with Crippen molar-refractivity contribution in [3.05, 3.63) is 83.9 Å². The average Bonchev–Trinajstić information content (AvgIpc) is 3.67. The van der Waals surface area contributed by atoms with Crippen LogP contribution in [0.15, 0.2) is 72.8 Å². The van der Waals surface area contributed by atoms with E-state index in [1.165, 1.54) is 6.07 Å². The number of nitrogens with zero attached hydrogens (tertiary/aromatic N) is 7. The summed E-state index contributed by atoms with van der Waals surface area (Å²) in [7, 11) is 0. The second-order valence-corrected chi connectivity index (χ2v) is 12.7. The molecule has 0 fully saturated rings. The highest BCUT2D eigenvalue weighted by Gasteiger charge is 2.34. The van der Waals surface area contributed by atoms with Crippen molar-refractivity contribution in [2.45, 2.75) is 66.0 Å². The van der Waals surface area contributed by atoms with Gasteiger partial charge in [-0.3, -0.25) is 25.6 Å². The van der Waals surface area contributed by atoms with Crippen LogP contribution in [0.3, 0.4) is 0 Å². The lowest BCUT2D eigenvalue weighted by atomic mass is 9.97. The monoisotopic (exact) mass is 797 g/mol. The number of aromatic nitrogens is 4. The molecule has 4 N–H and O–H groups in total. The van der Waals surface area contributed by atoms with Crippen LogP contribution in [-0.4, -0.2) is 107 Å². The molecule has 3 aromatic carbocycles. The Labute approximate surface area is 328 Å². The van der Waals surface area contributed by atoms with Crippen molar-refractivity contribution in [1.29, 1.82) is 0 Å². The van der Waals surface area contributed by atoms with E-state index in [1.54, 1.807) is 23.1 Å². The summed E-state index contributed by atoms with van der Waals surface area (Å²) in [4.78, 5) is 51.0. The van der Waals surface area contributed by atoms with Crippen LogP contribution in [-0.2, 0) is 53.4 Å². The Balaban J connectivity index is 1.42. The summed E-state index contributed by atoms with van der Waals surface area (Å²) >= 11 is 0. The molecule has 0 aliphatic heterocycles. The number of esters is 1. The topological polar surface area (TPSA) is 241 Å². The molecule has 0 saturated carbocycles. The third-order valence-electron chi connectivity index (χ3n) is 8.16. The molecule has 0 radical (unpaired) electrons. The largest absolute Gasteiger partial charge is 0.510 e. The van der Waals surface area contributed by atoms with E-state index >= 15 is 0 Å². The van der Waals surface area contributed by atoms with Crippen molar-refractivity contribution in [1.82, 2.24) is 35.9 Å². The molecule has 1 heterocycles. The van der Waals surface area contributed by atoms with E-state index < -0.39 is 28.9 Å². The summed E-state index contributed by atoms with van der Waals surface area (Å²) in [6.07, 6.45) is 0.729. The Kier molecular flexibility index (Phi) is 17.8. The van der Waals surface area contributed by atoms with Crippen LogP contribution in [0.2, 0.25) is 0 Å². The van der Waals surface area contributed by atoms with Gasteiger partial charge in [-0.15, -0.1) is 15.0 Å². The Morgan fingerprint density at radius 1 is 0.807 bits per heavy atom. The van der Waals surface area contributed by atoms with Gasteiger partial charge in [-0.25, -0.2) is 19.3 Å². The molecular weight excluding hydrogens is 750 g/mol. The third kappa shape index (κ3) is 14.5. The van der Waals surface area contributed by atoms with Crippen molar-refractivity contribution in [2.24, 2.45) is 5.92 Å². The van der Waals surface area contributed by atoms with E-state index in [-0.39, 0.29) is 76.1 Å². The van der Waals surface area contributed by atoms with Gasteiger partial charge in [0.1, 0.15) is 18.4 Å². The molecule has 20 heteroatoms. The van der Waals surface area contributed by atoms with E-state index in [1.807, 2.05) is 69.3 Å². The molecule has 0 saturated heterocycles. The van der Waals surface area contributed by atoms with Gasteiger partial charge in [0.25, 0.3) is 0 Å². The van der Waals surface area contributed by atoms with Crippen molar-refractivity contribution in [3.8, 4) is 28.3 Å². The Bertz CT molecular complexity index is 1860. The van der Waals surface area contributed by atoms with Gasteiger partial charge >= 0.3 is 12.1 Å². The molecule has 57 heavy (non-hydrogen) atoms. The molecule has 1 aromatic heterocycles. The van der Waals surface area contributed by atoms with Gasteiger partial charge in [0.15, 0.2) is 0 Å². The maximum atomic E-state index is 13.7. The average molecular weight is 798 g/mol. The zero-order chi connectivity index (χ0) is 41.2. The second-order valence-electron chi connectivity index (χ2n) is 12.7. The smallest absolute Gasteiger partial charge is 0.432 e. The van der Waals surface area contributed by atoms with Crippen molar-refractivity contribution in [3.63, 3.8) is 0 Å². The predicted octanol–water partition coefficient (Wildman–Crippen LogP) is 4.81. The molecule has 0 bridgehead atoms. The lowest BCUT2D eigenvalue weighted by molar-refractivity contribution is -0.497. The lowest BCUT2D eigenvalue weighted by Gasteiger charge is -2.33. The summed E-state index contributed by atoms with van der Waals surface area (Å²) < 4.78 is 20.8. The van der Waals surface area contributed by atoms with Crippen LogP contribution in [0.1, 0.15) is 51.2 Å². The zero-order valence-corrected chi connectivity index (χ0v) is 31.7. The number of carbonyl (C=O) groups is 3. The number of rotatable bonds is 23. The van der Waals surface area contributed by atoms with Crippen LogP contribution in [0.5, 0.6) is 5.75 Å². The van der Waals surface area contributed by atoms with Gasteiger partial charge in [-0.05, 0) is 51.9 Å². The minimum Gasteiger partial charge on any atom is -0.432 e. The maximum Gasteiger partial charge on any atom is 0.510 e. The number of tetrazole rings is 1. The minimum atomic E-state index is -0.982. The van der Waals surface area contributed by atoms with E-state index in [9.17, 15) is 14.4 Å². The first-order valence-corrected chi connectivity index (χ1v) is 18.0. The van der Waals surface area contributed by atoms with Gasteiger partial charge in [0.2, 0.25) is 18.5 Å². The highest BCUT2D eigenvalue weighted by molar-refractivity contribution is 5.86. The van der Waals surface area contributed by atoms with Crippen LogP contribution in [0.25, 0.3) is 22.5 Å². The molecule has 0 unspecified atom stereocenters. The predicted molar refractivity (Wildman–Crippen MR) is 194 cm³/mol. The first kappa shape index (κ1) is 44.3. The molecule has 4 aromatic rings. The van der Waals surface area contributed by atoms with E-state index in [2.05, 4.69) is 25.1 Å². The Hall–Kier alpha value is -5.42. The minimum absolute atomic E-state index is 0.0220. The molecular formula is C37H47N7O13. The molecule has 1 atom stereocenters. The highest BCUT2D eigenvalue weighted by atomic mass is 17.1. The fourth-order valence-electron chi connectivity index (χ4n) is 5.52. The number of hydrogen-bond acceptors (Lipinski definition) is 18. The van der Waals surface area contributed by atoms with Crippen LogP contribution in [0, 0.1) is 5.92 Å². The number of benzene rings is 3. The van der Waals surface area contributed by atoms with Crippen LogP contribution in [0.4, 0.5) is 4.79 Å². The number of ether oxygens (including phenoxy) is 4. The number of unbranched alkanes of at least 4 members (excludes halogenated alkanes) is 1. The second kappa shape index (κ2) is 23.0. The summed E-state index contributed by atoms with van der Waals surface area (Å²) in [5.74, 6) is -0.600. The van der Waals surface area contributed by atoms with Crippen molar-refractivity contribution in [2.75, 3.05) is 26.4 Å². The fraction of sp³-hybridized carbons (Fsp3) is 0.405. The summed E-state index contributed by atoms with van der Waals surface area (Å²) in [6.45, 7) is 5.08.